The number of carbonyl (C=O) groups excluding carboxylic acids is 2. The van der Waals surface area contributed by atoms with Gasteiger partial charge >= 0.3 is 0 Å². The van der Waals surface area contributed by atoms with Crippen LogP contribution in [0.25, 0.3) is 0 Å². The number of nitrogens with one attached hydrogen (secondary N) is 1. The van der Waals surface area contributed by atoms with E-state index in [1.165, 1.54) is 11.4 Å². The molecule has 12 nitrogen and oxygen atoms in total. The van der Waals surface area contributed by atoms with Crippen LogP contribution in [0.3, 0.4) is 0 Å². The van der Waals surface area contributed by atoms with Crippen LogP contribution in [0, 0.1) is 25.7 Å². The zero-order valence-electron chi connectivity index (χ0n) is 28.7. The first kappa shape index (κ1) is 36.8. The van der Waals surface area contributed by atoms with Crippen LogP contribution in [-0.4, -0.2) is 91.3 Å². The predicted molar refractivity (Wildman–Crippen MR) is 178 cm³/mol. The molecule has 4 rings (SSSR count). The number of sulfonamides is 1. The van der Waals surface area contributed by atoms with Gasteiger partial charge in [-0.3, -0.25) is 9.59 Å². The highest BCUT2D eigenvalue weighted by Gasteiger charge is 2.34. The summed E-state index contributed by atoms with van der Waals surface area (Å²) in [4.78, 5) is 29.1. The fourth-order valence-corrected chi connectivity index (χ4v) is 7.89. The van der Waals surface area contributed by atoms with E-state index in [9.17, 15) is 23.1 Å². The van der Waals surface area contributed by atoms with Crippen molar-refractivity contribution in [2.75, 3.05) is 38.7 Å². The Labute approximate surface area is 279 Å². The highest BCUT2D eigenvalue weighted by atomic mass is 32.2. The van der Waals surface area contributed by atoms with Gasteiger partial charge in [-0.05, 0) is 78.0 Å². The Bertz CT molecular complexity index is 1450. The van der Waals surface area contributed by atoms with E-state index in [2.05, 4.69) is 10.5 Å². The lowest BCUT2D eigenvalue weighted by atomic mass is 9.88. The van der Waals surface area contributed by atoms with E-state index in [0.29, 0.717) is 30.0 Å². The summed E-state index contributed by atoms with van der Waals surface area (Å²) in [6.07, 6.45) is 6.43. The highest BCUT2D eigenvalue weighted by Crippen LogP contribution is 2.31. The van der Waals surface area contributed by atoms with Crippen molar-refractivity contribution in [3.63, 3.8) is 0 Å². The minimum absolute atomic E-state index is 0.0382. The fourth-order valence-electron chi connectivity index (χ4n) is 6.42. The molecular formula is C34H52N4O8S. The average molecular weight is 677 g/mol. The maximum Gasteiger partial charge on any atom is 0.258 e. The molecule has 2 heterocycles. The molecule has 1 aromatic heterocycles. The molecular weight excluding hydrogens is 624 g/mol. The number of amides is 2. The van der Waals surface area contributed by atoms with Crippen molar-refractivity contribution >= 4 is 27.5 Å². The van der Waals surface area contributed by atoms with Crippen molar-refractivity contribution in [2.45, 2.75) is 109 Å². The van der Waals surface area contributed by atoms with Gasteiger partial charge in [-0.2, -0.15) is 4.31 Å². The Morgan fingerprint density at radius 1 is 1.13 bits per heavy atom. The van der Waals surface area contributed by atoms with E-state index >= 15 is 0 Å². The second-order valence-electron chi connectivity index (χ2n) is 13.3. The second kappa shape index (κ2) is 16.4. The first-order chi connectivity index (χ1) is 22.3. The molecule has 47 heavy (non-hydrogen) atoms. The van der Waals surface area contributed by atoms with Gasteiger partial charge in [0.1, 0.15) is 16.3 Å². The molecule has 0 radical (unpaired) electrons. The van der Waals surface area contributed by atoms with Crippen molar-refractivity contribution in [1.82, 2.24) is 14.4 Å². The molecule has 2 N–H and O–H groups in total. The molecule has 13 heteroatoms. The topological polar surface area (TPSA) is 152 Å². The quantitative estimate of drug-likeness (QED) is 0.397. The van der Waals surface area contributed by atoms with E-state index < -0.39 is 22.2 Å². The van der Waals surface area contributed by atoms with Gasteiger partial charge in [-0.1, -0.05) is 31.3 Å². The number of anilines is 1. The molecule has 2 aromatic rings. The summed E-state index contributed by atoms with van der Waals surface area (Å²) in [6.45, 7) is 9.12. The third kappa shape index (κ3) is 9.13. The van der Waals surface area contributed by atoms with Gasteiger partial charge in [0.2, 0.25) is 15.9 Å². The van der Waals surface area contributed by atoms with Crippen LogP contribution in [-0.2, 0) is 19.6 Å². The first-order valence-electron chi connectivity index (χ1n) is 16.9. The van der Waals surface area contributed by atoms with Crippen molar-refractivity contribution in [3.05, 3.63) is 35.2 Å². The first-order valence-corrected chi connectivity index (χ1v) is 18.3. The molecule has 1 fully saturated rings. The maximum absolute atomic E-state index is 14.4. The fraction of sp³-hybridized carbons (Fsp3) is 0.676. The number of ether oxygens (including phenoxy) is 2. The largest absolute Gasteiger partial charge is 0.490 e. The molecule has 1 aromatic carbocycles. The Hall–Kier alpha value is -3.00. The number of aliphatic hydroxyl groups excluding tert-OH is 1. The van der Waals surface area contributed by atoms with Gasteiger partial charge in [-0.25, -0.2) is 8.42 Å². The monoisotopic (exact) mass is 676 g/mol. The minimum atomic E-state index is -3.93. The van der Waals surface area contributed by atoms with E-state index in [1.807, 2.05) is 13.8 Å². The smallest absolute Gasteiger partial charge is 0.258 e. The van der Waals surface area contributed by atoms with E-state index in [-0.39, 0.29) is 65.8 Å². The van der Waals surface area contributed by atoms with Crippen LogP contribution in [0.2, 0.25) is 0 Å². The standard InChI is InChI=1S/C34H52N4O8S/c1-22-19-38(23(2)21-39)34(41)29-18-28(35-33(40)27-13-8-7-9-14-27)15-16-30(29)45-24(3)12-10-11-17-44-31(22)20-37(6)47(42,43)32-25(4)36-46-26(32)5/h15-16,18,22-24,27,31,39H,7-14,17,19-21H2,1-6H3,(H,35,40)/t22-,23-,24-,31+/m1/s1. The zero-order chi connectivity index (χ0) is 34.3. The third-order valence-electron chi connectivity index (χ3n) is 9.37. The molecule has 4 atom stereocenters. The Morgan fingerprint density at radius 3 is 2.49 bits per heavy atom. The number of hydrogen-bond donors (Lipinski definition) is 2. The average Bonchev–Trinajstić information content (AvgIpc) is 3.40. The van der Waals surface area contributed by atoms with Crippen LogP contribution in [0.4, 0.5) is 5.69 Å². The highest BCUT2D eigenvalue weighted by molar-refractivity contribution is 7.89. The number of aliphatic hydroxyl groups is 1. The number of carbonyl (C=O) groups is 2. The van der Waals surface area contributed by atoms with Gasteiger partial charge < -0.3 is 29.3 Å². The van der Waals surface area contributed by atoms with Gasteiger partial charge in [0, 0.05) is 44.3 Å². The molecule has 0 unspecified atom stereocenters. The van der Waals surface area contributed by atoms with Crippen molar-refractivity contribution in [3.8, 4) is 5.75 Å². The lowest BCUT2D eigenvalue weighted by Crippen LogP contribution is -2.48. The van der Waals surface area contributed by atoms with Gasteiger partial charge in [0.25, 0.3) is 5.91 Å². The van der Waals surface area contributed by atoms with Gasteiger partial charge in [0.15, 0.2) is 5.76 Å². The Morgan fingerprint density at radius 2 is 1.83 bits per heavy atom. The van der Waals surface area contributed by atoms with Crippen molar-refractivity contribution < 1.29 is 37.1 Å². The van der Waals surface area contributed by atoms with Crippen LogP contribution in [0.5, 0.6) is 5.75 Å². The molecule has 0 saturated heterocycles. The minimum Gasteiger partial charge on any atom is -0.490 e. The summed E-state index contributed by atoms with van der Waals surface area (Å²) >= 11 is 0. The predicted octanol–water partition coefficient (Wildman–Crippen LogP) is 4.93. The molecule has 2 aliphatic rings. The van der Waals surface area contributed by atoms with Crippen LogP contribution >= 0.6 is 0 Å². The molecule has 0 spiro atoms. The van der Waals surface area contributed by atoms with Crippen molar-refractivity contribution in [2.24, 2.45) is 11.8 Å². The summed E-state index contributed by atoms with van der Waals surface area (Å²) in [5.41, 5.74) is 1.09. The number of fused-ring (bicyclic) bond motifs is 1. The number of aryl methyl sites for hydroxylation is 2. The number of aromatic nitrogens is 1. The normalized spacial score (nSPS) is 23.1. The Kier molecular flexibility index (Phi) is 12.9. The summed E-state index contributed by atoms with van der Waals surface area (Å²) in [5.74, 6) is -0.148. The number of benzene rings is 1. The molecule has 262 valence electrons. The number of hydrogen-bond acceptors (Lipinski definition) is 9. The van der Waals surface area contributed by atoms with Gasteiger partial charge in [-0.15, -0.1) is 0 Å². The summed E-state index contributed by atoms with van der Waals surface area (Å²) in [7, 11) is -2.43. The molecule has 0 bridgehead atoms. The van der Waals surface area contributed by atoms with Crippen LogP contribution in [0.15, 0.2) is 27.6 Å². The van der Waals surface area contributed by atoms with Crippen molar-refractivity contribution in [1.29, 1.82) is 0 Å². The van der Waals surface area contributed by atoms with Crippen LogP contribution in [0.1, 0.15) is 93.9 Å². The molecule has 1 aliphatic heterocycles. The van der Waals surface area contributed by atoms with E-state index in [1.54, 1.807) is 43.9 Å². The summed E-state index contributed by atoms with van der Waals surface area (Å²) < 4.78 is 46.1. The second-order valence-corrected chi connectivity index (χ2v) is 15.3. The molecule has 2 amide bonds. The zero-order valence-corrected chi connectivity index (χ0v) is 29.5. The molecule has 1 aliphatic carbocycles. The summed E-state index contributed by atoms with van der Waals surface area (Å²) in [6, 6.07) is 4.60. The van der Waals surface area contributed by atoms with Crippen LogP contribution < -0.4 is 10.1 Å². The lowest BCUT2D eigenvalue weighted by molar-refractivity contribution is -0.120. The van der Waals surface area contributed by atoms with E-state index in [4.69, 9.17) is 14.0 Å². The third-order valence-corrected chi connectivity index (χ3v) is 11.4. The Balaban J connectivity index is 1.64. The molecule has 1 saturated carbocycles. The van der Waals surface area contributed by atoms with E-state index in [0.717, 1.165) is 44.9 Å². The number of likely N-dealkylation sites (N-methyl/N-ethyl adjacent to an activating group) is 1. The van der Waals surface area contributed by atoms with Gasteiger partial charge in [0.05, 0.1) is 30.4 Å². The number of rotatable bonds is 8. The lowest BCUT2D eigenvalue weighted by Gasteiger charge is -2.35. The number of nitrogens with zero attached hydrogens (tertiary/aromatic N) is 3. The SMILES string of the molecule is Cc1noc(C)c1S(=O)(=O)N(C)C[C@@H]1OCCCC[C@@H](C)Oc2ccc(NC(=O)C3CCCCC3)cc2C(=O)N([C@H](C)CO)C[C@H]1C. The maximum atomic E-state index is 14.4. The summed E-state index contributed by atoms with van der Waals surface area (Å²) in [5, 5.41) is 17.1.